The second kappa shape index (κ2) is 6.99. The van der Waals surface area contributed by atoms with Crippen molar-refractivity contribution in [3.63, 3.8) is 0 Å². The zero-order chi connectivity index (χ0) is 21.1. The van der Waals surface area contributed by atoms with Crippen LogP contribution in [0.4, 0.5) is 0 Å². The molecular weight excluding hydrogens is 388 g/mol. The highest BCUT2D eigenvalue weighted by molar-refractivity contribution is 6.16. The van der Waals surface area contributed by atoms with E-state index in [0.29, 0.717) is 29.8 Å². The van der Waals surface area contributed by atoms with Gasteiger partial charge in [-0.2, -0.15) is 0 Å². The molecule has 1 saturated carbocycles. The number of hydrogen-bond donors (Lipinski definition) is 0. The third kappa shape index (κ3) is 2.91. The first-order valence-corrected chi connectivity index (χ1v) is 11.1. The third-order valence-corrected chi connectivity index (χ3v) is 7.01. The number of aryl methyl sites for hydroxylation is 2. The highest BCUT2D eigenvalue weighted by Crippen LogP contribution is 2.45. The van der Waals surface area contributed by atoms with Gasteiger partial charge in [-0.25, -0.2) is 0 Å². The van der Waals surface area contributed by atoms with Crippen molar-refractivity contribution < 1.29 is 14.3 Å². The van der Waals surface area contributed by atoms with Crippen LogP contribution in [-0.4, -0.2) is 28.0 Å². The van der Waals surface area contributed by atoms with Crippen molar-refractivity contribution in [2.75, 3.05) is 6.73 Å². The monoisotopic (exact) mass is 414 g/mol. The first-order chi connectivity index (χ1) is 15.1. The Morgan fingerprint density at radius 2 is 1.97 bits per heavy atom. The van der Waals surface area contributed by atoms with Crippen molar-refractivity contribution in [1.82, 2.24) is 9.47 Å². The molecule has 6 rings (SSSR count). The molecule has 158 valence electrons. The van der Waals surface area contributed by atoms with Crippen molar-refractivity contribution in [2.24, 2.45) is 7.05 Å². The molecule has 1 aromatic heterocycles. The first kappa shape index (κ1) is 18.7. The average Bonchev–Trinajstić information content (AvgIpc) is 3.49. The zero-order valence-corrected chi connectivity index (χ0v) is 18.0. The molecule has 0 atom stereocenters. The van der Waals surface area contributed by atoms with E-state index >= 15 is 0 Å². The van der Waals surface area contributed by atoms with Gasteiger partial charge in [0.25, 0.3) is 0 Å². The summed E-state index contributed by atoms with van der Waals surface area (Å²) in [7, 11) is 2.02. The van der Waals surface area contributed by atoms with Crippen molar-refractivity contribution in [3.8, 4) is 11.5 Å². The Labute approximate surface area is 181 Å². The van der Waals surface area contributed by atoms with Crippen LogP contribution < -0.4 is 9.47 Å². The van der Waals surface area contributed by atoms with Crippen molar-refractivity contribution >= 4 is 22.8 Å². The minimum Gasteiger partial charge on any atom is -0.478 e. The van der Waals surface area contributed by atoms with Crippen molar-refractivity contribution in [3.05, 3.63) is 64.5 Å². The summed E-state index contributed by atoms with van der Waals surface area (Å²) in [4.78, 5) is 15.7. The van der Waals surface area contributed by atoms with Gasteiger partial charge in [0.2, 0.25) is 5.78 Å². The van der Waals surface area contributed by atoms with E-state index in [1.54, 1.807) is 0 Å². The molecule has 3 heterocycles. The highest BCUT2D eigenvalue weighted by Gasteiger charge is 2.37. The molecule has 2 aliphatic heterocycles. The smallest absolute Gasteiger partial charge is 0.232 e. The zero-order valence-electron chi connectivity index (χ0n) is 18.0. The van der Waals surface area contributed by atoms with Gasteiger partial charge in [0.05, 0.1) is 11.1 Å². The predicted octanol–water partition coefficient (Wildman–Crippen LogP) is 5.20. The molecule has 1 fully saturated rings. The van der Waals surface area contributed by atoms with E-state index in [2.05, 4.69) is 21.6 Å². The van der Waals surface area contributed by atoms with Gasteiger partial charge in [0.1, 0.15) is 18.2 Å². The molecule has 1 aliphatic carbocycles. The summed E-state index contributed by atoms with van der Waals surface area (Å²) in [6.07, 6.45) is 8.94. The molecule has 0 spiro atoms. The number of carbonyl (C=O) groups excluding carboxylic acids is 1. The maximum Gasteiger partial charge on any atom is 0.232 e. The lowest BCUT2D eigenvalue weighted by Crippen LogP contribution is -2.39. The van der Waals surface area contributed by atoms with E-state index in [-0.39, 0.29) is 5.78 Å². The van der Waals surface area contributed by atoms with Crippen LogP contribution in [0, 0.1) is 6.92 Å². The lowest BCUT2D eigenvalue weighted by molar-refractivity contribution is 0.0567. The Morgan fingerprint density at radius 3 is 2.81 bits per heavy atom. The van der Waals surface area contributed by atoms with E-state index < -0.39 is 0 Å². The topological polar surface area (TPSA) is 43.7 Å². The van der Waals surface area contributed by atoms with Gasteiger partial charge in [0, 0.05) is 42.3 Å². The number of para-hydroxylation sites is 1. The maximum absolute atomic E-state index is 13.3. The molecule has 0 unspecified atom stereocenters. The molecule has 0 N–H and O–H groups in total. The number of benzene rings is 2. The third-order valence-electron chi connectivity index (χ3n) is 7.01. The maximum atomic E-state index is 13.3. The Bertz CT molecular complexity index is 1250. The normalized spacial score (nSPS) is 20.2. The molecule has 31 heavy (non-hydrogen) atoms. The predicted molar refractivity (Wildman–Crippen MR) is 120 cm³/mol. The number of ether oxygens (including phenoxy) is 2. The molecule has 5 nitrogen and oxygen atoms in total. The summed E-state index contributed by atoms with van der Waals surface area (Å²) in [5, 5.41) is 1.11. The summed E-state index contributed by atoms with van der Waals surface area (Å²) in [6, 6.07) is 10.8. The molecule has 2 aromatic carbocycles. The molecule has 5 heteroatoms. The molecular formula is C26H26N2O3. The van der Waals surface area contributed by atoms with Crippen LogP contribution in [0.5, 0.6) is 11.5 Å². The van der Waals surface area contributed by atoms with Crippen LogP contribution in [0.2, 0.25) is 0 Å². The first-order valence-electron chi connectivity index (χ1n) is 11.1. The molecule has 3 aliphatic rings. The fourth-order valence-corrected chi connectivity index (χ4v) is 5.38. The molecule has 0 bridgehead atoms. The van der Waals surface area contributed by atoms with Gasteiger partial charge in [-0.15, -0.1) is 0 Å². The van der Waals surface area contributed by atoms with E-state index in [1.165, 1.54) is 25.7 Å². The lowest BCUT2D eigenvalue weighted by Gasteiger charge is -2.34. The van der Waals surface area contributed by atoms with Crippen molar-refractivity contribution in [1.29, 1.82) is 0 Å². The Kier molecular flexibility index (Phi) is 4.22. The van der Waals surface area contributed by atoms with Gasteiger partial charge < -0.3 is 14.0 Å². The number of rotatable bonds is 2. The number of fused-ring (bicyclic) bond motifs is 4. The van der Waals surface area contributed by atoms with E-state index in [4.69, 9.17) is 9.47 Å². The number of aromatic nitrogens is 1. The second-order valence-corrected chi connectivity index (χ2v) is 8.99. The summed E-state index contributed by atoms with van der Waals surface area (Å²) in [5.41, 5.74) is 4.72. The van der Waals surface area contributed by atoms with Gasteiger partial charge in [-0.3, -0.25) is 9.69 Å². The van der Waals surface area contributed by atoms with Crippen LogP contribution in [-0.2, 0) is 13.6 Å². The van der Waals surface area contributed by atoms with Gasteiger partial charge in [-0.05, 0) is 43.5 Å². The molecule has 0 saturated heterocycles. The quantitative estimate of drug-likeness (QED) is 0.541. The number of ketones is 1. The van der Waals surface area contributed by atoms with Gasteiger partial charge >= 0.3 is 0 Å². The Morgan fingerprint density at radius 1 is 1.16 bits per heavy atom. The van der Waals surface area contributed by atoms with Crippen LogP contribution in [0.3, 0.4) is 0 Å². The standard InChI is InChI=1S/C26H26N2O3/c1-16-11-22-20(14-28(15-30-22)18-7-3-4-8-18)26-24(16)25(29)23(31-26)12-17-13-27(2)21-10-6-5-9-19(17)21/h5-6,9-13,18H,3-4,7-8,14-15H2,1-2H3/b23-12-. The SMILES string of the molecule is Cc1cc2c(c3c1C(=O)/C(=C/c1cn(C)c4ccccc14)O3)CN(C1CCCC1)CO2. The number of carbonyl (C=O) groups is 1. The summed E-state index contributed by atoms with van der Waals surface area (Å²) < 4.78 is 14.5. The lowest BCUT2D eigenvalue weighted by atomic mass is 9.98. The fourth-order valence-electron chi connectivity index (χ4n) is 5.38. The largest absolute Gasteiger partial charge is 0.478 e. The minimum atomic E-state index is -0.0405. The number of Topliss-reactive ketones (excluding diaryl/α,β-unsaturated/α-hetero) is 1. The Balaban J connectivity index is 1.40. The summed E-state index contributed by atoms with van der Waals surface area (Å²) in [6.45, 7) is 3.36. The van der Waals surface area contributed by atoms with E-state index in [1.807, 2.05) is 44.4 Å². The second-order valence-electron chi connectivity index (χ2n) is 8.99. The molecule has 0 amide bonds. The van der Waals surface area contributed by atoms with Crippen molar-refractivity contribution in [2.45, 2.75) is 45.2 Å². The van der Waals surface area contributed by atoms with E-state index in [0.717, 1.165) is 39.9 Å². The van der Waals surface area contributed by atoms with Crippen LogP contribution >= 0.6 is 0 Å². The van der Waals surface area contributed by atoms with Crippen LogP contribution in [0.25, 0.3) is 17.0 Å². The van der Waals surface area contributed by atoms with Crippen LogP contribution in [0.1, 0.15) is 52.7 Å². The average molecular weight is 415 g/mol. The molecule has 3 aromatic rings. The summed E-state index contributed by atoms with van der Waals surface area (Å²) >= 11 is 0. The number of hydrogen-bond acceptors (Lipinski definition) is 4. The van der Waals surface area contributed by atoms with E-state index in [9.17, 15) is 4.79 Å². The fraction of sp³-hybridized carbons (Fsp3) is 0.346. The Hall–Kier alpha value is -3.05. The number of nitrogens with zero attached hydrogens (tertiary/aromatic N) is 2. The number of allylic oxidation sites excluding steroid dienone is 1. The highest BCUT2D eigenvalue weighted by atomic mass is 16.5. The summed E-state index contributed by atoms with van der Waals surface area (Å²) in [5.74, 6) is 1.89. The minimum absolute atomic E-state index is 0.0405. The van der Waals surface area contributed by atoms with Gasteiger partial charge in [-0.1, -0.05) is 31.0 Å². The van der Waals surface area contributed by atoms with Crippen LogP contribution in [0.15, 0.2) is 42.3 Å². The molecule has 0 radical (unpaired) electrons. The van der Waals surface area contributed by atoms with Gasteiger partial charge in [0.15, 0.2) is 5.76 Å².